The third-order valence-corrected chi connectivity index (χ3v) is 4.31. The largest absolute Gasteiger partial charge is 0.511 e. The number of aryl methyl sites for hydroxylation is 1. The third kappa shape index (κ3) is 3.12. The molecule has 0 spiro atoms. The first-order chi connectivity index (χ1) is 9.30. The maximum atomic E-state index is 12.2. The topological polar surface area (TPSA) is 49.7 Å². The van der Waals surface area contributed by atoms with E-state index in [4.69, 9.17) is 0 Å². The molecule has 106 valence electrons. The number of aliphatic hydroxyl groups is 1. The van der Waals surface area contributed by atoms with Gasteiger partial charge in [-0.1, -0.05) is 30.0 Å². The van der Waals surface area contributed by atoms with E-state index in [2.05, 4.69) is 4.99 Å². The van der Waals surface area contributed by atoms with Crippen LogP contribution < -0.4 is 0 Å². The Hall–Kier alpha value is -1.55. The number of hydrogen-bond donors (Lipinski definition) is 1. The van der Waals surface area contributed by atoms with Gasteiger partial charge in [-0.15, -0.1) is 0 Å². The van der Waals surface area contributed by atoms with Crippen molar-refractivity contribution in [1.29, 1.82) is 0 Å². The smallest absolute Gasteiger partial charge is 0.225 e. The van der Waals surface area contributed by atoms with Crippen LogP contribution in [0.1, 0.15) is 32.8 Å². The molecule has 1 aliphatic rings. The second-order valence-corrected chi connectivity index (χ2v) is 7.31. The predicted octanol–water partition coefficient (Wildman–Crippen LogP) is 4.34. The minimum Gasteiger partial charge on any atom is -0.511 e. The molecule has 4 heteroatoms. The first-order valence-corrected chi connectivity index (χ1v) is 7.38. The zero-order valence-electron chi connectivity index (χ0n) is 12.2. The highest BCUT2D eigenvalue weighted by Gasteiger charge is 2.34. The first-order valence-electron chi connectivity index (χ1n) is 6.57. The van der Waals surface area contributed by atoms with Crippen LogP contribution in [0.25, 0.3) is 0 Å². The quantitative estimate of drug-likeness (QED) is 0.824. The zero-order valence-corrected chi connectivity index (χ0v) is 13.0. The van der Waals surface area contributed by atoms with Gasteiger partial charge >= 0.3 is 0 Å². The maximum absolute atomic E-state index is 12.2. The molecule has 1 N–H and O–H groups in total. The molecule has 3 nitrogen and oxygen atoms in total. The summed E-state index contributed by atoms with van der Waals surface area (Å²) in [4.78, 5) is 16.7. The van der Waals surface area contributed by atoms with Gasteiger partial charge in [0.1, 0.15) is 5.76 Å². The molecule has 0 aliphatic carbocycles. The number of benzene rings is 1. The molecule has 1 aromatic carbocycles. The van der Waals surface area contributed by atoms with E-state index in [0.29, 0.717) is 17.7 Å². The predicted molar refractivity (Wildman–Crippen MR) is 84.9 cm³/mol. The van der Waals surface area contributed by atoms with Crippen molar-refractivity contribution in [2.75, 3.05) is 0 Å². The number of aliphatic imine (C=N–C) groups is 1. The Morgan fingerprint density at radius 3 is 2.60 bits per heavy atom. The molecule has 0 amide bonds. The summed E-state index contributed by atoms with van der Waals surface area (Å²) in [5.74, 6) is 0.147. The molecule has 1 heterocycles. The van der Waals surface area contributed by atoms with E-state index in [1.54, 1.807) is 6.92 Å². The zero-order chi connectivity index (χ0) is 14.9. The van der Waals surface area contributed by atoms with Gasteiger partial charge in [0.05, 0.1) is 17.0 Å². The average molecular weight is 289 g/mol. The van der Waals surface area contributed by atoms with Crippen molar-refractivity contribution in [2.45, 2.75) is 38.9 Å². The minimum atomic E-state index is -0.256. The van der Waals surface area contributed by atoms with Crippen LogP contribution in [-0.2, 0) is 4.79 Å². The van der Waals surface area contributed by atoms with Gasteiger partial charge in [-0.05, 0) is 39.3 Å². The van der Waals surface area contributed by atoms with Crippen molar-refractivity contribution >= 4 is 28.3 Å². The number of carbonyl (C=O) groups excluding carboxylic acids is 1. The lowest BCUT2D eigenvalue weighted by Crippen LogP contribution is -2.27. The Morgan fingerprint density at radius 2 is 2.00 bits per heavy atom. The van der Waals surface area contributed by atoms with Crippen molar-refractivity contribution in [3.05, 3.63) is 41.2 Å². The molecule has 0 saturated carbocycles. The van der Waals surface area contributed by atoms with E-state index in [1.807, 2.05) is 45.0 Å². The molecule has 0 unspecified atom stereocenters. The van der Waals surface area contributed by atoms with Gasteiger partial charge in [-0.2, -0.15) is 0 Å². The number of nitrogens with zero attached hydrogens (tertiary/aromatic N) is 1. The SMILES string of the molecule is CC(=Nc1ccccc1C)C1=C(O)CC(C)(C)SC1=O. The van der Waals surface area contributed by atoms with Crippen LogP contribution in [-0.4, -0.2) is 20.7 Å². The van der Waals surface area contributed by atoms with E-state index in [-0.39, 0.29) is 15.6 Å². The van der Waals surface area contributed by atoms with Gasteiger partial charge in [-0.25, -0.2) is 0 Å². The normalized spacial score (nSPS) is 19.4. The number of rotatable bonds is 2. The second kappa shape index (κ2) is 5.44. The first kappa shape index (κ1) is 14.9. The van der Waals surface area contributed by atoms with Gasteiger partial charge in [0, 0.05) is 11.2 Å². The van der Waals surface area contributed by atoms with Crippen molar-refractivity contribution in [3.63, 3.8) is 0 Å². The van der Waals surface area contributed by atoms with Crippen LogP contribution in [0.2, 0.25) is 0 Å². The Labute approximate surface area is 123 Å². The van der Waals surface area contributed by atoms with Crippen molar-refractivity contribution in [3.8, 4) is 0 Å². The maximum Gasteiger partial charge on any atom is 0.225 e. The van der Waals surface area contributed by atoms with Crippen LogP contribution >= 0.6 is 11.8 Å². The number of thioether (sulfide) groups is 1. The summed E-state index contributed by atoms with van der Waals surface area (Å²) >= 11 is 1.26. The summed E-state index contributed by atoms with van der Waals surface area (Å²) in [7, 11) is 0. The Bertz CT molecular complexity index is 615. The van der Waals surface area contributed by atoms with Crippen molar-refractivity contribution in [1.82, 2.24) is 0 Å². The Kier molecular flexibility index (Phi) is 4.04. The number of allylic oxidation sites excluding steroid dienone is 1. The molecule has 0 bridgehead atoms. The highest BCUT2D eigenvalue weighted by atomic mass is 32.2. The number of carbonyl (C=O) groups is 1. The molecular weight excluding hydrogens is 270 g/mol. The van der Waals surface area contributed by atoms with Crippen molar-refractivity contribution in [2.24, 2.45) is 4.99 Å². The van der Waals surface area contributed by atoms with Gasteiger partial charge in [-0.3, -0.25) is 9.79 Å². The van der Waals surface area contributed by atoms with Gasteiger partial charge in [0.2, 0.25) is 5.12 Å². The van der Waals surface area contributed by atoms with Crippen LogP contribution in [0.15, 0.2) is 40.6 Å². The number of para-hydroxylation sites is 1. The lowest BCUT2D eigenvalue weighted by molar-refractivity contribution is -0.107. The van der Waals surface area contributed by atoms with E-state index >= 15 is 0 Å². The van der Waals surface area contributed by atoms with Gasteiger partial charge in [0.15, 0.2) is 0 Å². The lowest BCUT2D eigenvalue weighted by Gasteiger charge is -2.28. The molecule has 0 fully saturated rings. The summed E-state index contributed by atoms with van der Waals surface area (Å²) < 4.78 is -0.256. The highest BCUT2D eigenvalue weighted by Crippen LogP contribution is 2.39. The molecule has 2 rings (SSSR count). The van der Waals surface area contributed by atoms with E-state index in [0.717, 1.165) is 11.3 Å². The van der Waals surface area contributed by atoms with Crippen LogP contribution in [0, 0.1) is 6.92 Å². The van der Waals surface area contributed by atoms with E-state index < -0.39 is 0 Å². The Morgan fingerprint density at radius 1 is 1.35 bits per heavy atom. The number of hydrogen-bond acceptors (Lipinski definition) is 4. The van der Waals surface area contributed by atoms with Crippen LogP contribution in [0.5, 0.6) is 0 Å². The molecule has 1 aromatic rings. The van der Waals surface area contributed by atoms with Gasteiger partial charge < -0.3 is 5.11 Å². The summed E-state index contributed by atoms with van der Waals surface area (Å²) in [6.07, 6.45) is 0.485. The monoisotopic (exact) mass is 289 g/mol. The third-order valence-electron chi connectivity index (χ3n) is 3.22. The molecule has 1 aliphatic heterocycles. The summed E-state index contributed by atoms with van der Waals surface area (Å²) in [5.41, 5.74) is 2.80. The fraction of sp³-hybridized carbons (Fsp3) is 0.375. The molecule has 0 aromatic heterocycles. The van der Waals surface area contributed by atoms with Crippen LogP contribution in [0.4, 0.5) is 5.69 Å². The molecule has 0 atom stereocenters. The Balaban J connectivity index is 2.41. The van der Waals surface area contributed by atoms with E-state index in [1.165, 1.54) is 11.8 Å². The lowest BCUT2D eigenvalue weighted by atomic mass is 10.0. The summed E-state index contributed by atoms with van der Waals surface area (Å²) in [6, 6.07) is 7.74. The van der Waals surface area contributed by atoms with Crippen molar-refractivity contribution < 1.29 is 9.90 Å². The summed E-state index contributed by atoms with van der Waals surface area (Å²) in [6.45, 7) is 7.66. The van der Waals surface area contributed by atoms with Gasteiger partial charge in [0.25, 0.3) is 0 Å². The second-order valence-electron chi connectivity index (χ2n) is 5.63. The fourth-order valence-electron chi connectivity index (χ4n) is 2.23. The van der Waals surface area contributed by atoms with E-state index in [9.17, 15) is 9.90 Å². The van der Waals surface area contributed by atoms with Crippen LogP contribution in [0.3, 0.4) is 0 Å². The molecular formula is C16H19NO2S. The molecule has 20 heavy (non-hydrogen) atoms. The molecule has 0 radical (unpaired) electrons. The average Bonchev–Trinajstić information content (AvgIpc) is 2.29. The molecule has 0 saturated heterocycles. The number of aliphatic hydroxyl groups excluding tert-OH is 1. The minimum absolute atomic E-state index is 0.103. The standard InChI is InChI=1S/C16H19NO2S/c1-10-7-5-6-8-12(10)17-11(2)14-13(18)9-16(3,4)20-15(14)19/h5-8,18H,9H2,1-4H3. The fourth-order valence-corrected chi connectivity index (χ4v) is 3.31. The highest BCUT2D eigenvalue weighted by molar-refractivity contribution is 8.15. The summed E-state index contributed by atoms with van der Waals surface area (Å²) in [5, 5.41) is 10.1.